The predicted octanol–water partition coefficient (Wildman–Crippen LogP) is 2.25. The second kappa shape index (κ2) is 4.09. The van der Waals surface area contributed by atoms with Gasteiger partial charge in [0.1, 0.15) is 5.82 Å². The second-order valence-corrected chi connectivity index (χ2v) is 2.83. The van der Waals surface area contributed by atoms with Gasteiger partial charge in [0.05, 0.1) is 0 Å². The number of benzene rings is 1. The number of rotatable bonds is 2. The molecule has 1 aromatic rings. The average molecular weight is 204 g/mol. The lowest BCUT2D eigenvalue weighted by Gasteiger charge is -2.02. The molecule has 0 aliphatic rings. The summed E-state index contributed by atoms with van der Waals surface area (Å²) in [4.78, 5) is 10.1. The fraction of sp³-hybridized carbons (Fsp3) is 0.125. The summed E-state index contributed by atoms with van der Waals surface area (Å²) in [7, 11) is 0. The molecule has 0 saturated carbocycles. The molecule has 0 radical (unpaired) electrons. The van der Waals surface area contributed by atoms with Gasteiger partial charge in [0.25, 0.3) is 0 Å². The summed E-state index contributed by atoms with van der Waals surface area (Å²) in [6, 6.07) is 4.08. The van der Waals surface area contributed by atoms with Crippen molar-refractivity contribution in [3.8, 4) is 0 Å². The zero-order chi connectivity index (χ0) is 9.84. The summed E-state index contributed by atoms with van der Waals surface area (Å²) in [5, 5.41) is 10.6. The average Bonchev–Trinajstić information content (AvgIpc) is 2.02. The largest absolute Gasteiger partial charge is 0.465 e. The number of halogens is 2. The van der Waals surface area contributed by atoms with Crippen LogP contribution >= 0.6 is 11.6 Å². The molecular weight excluding hydrogens is 197 g/mol. The summed E-state index contributed by atoms with van der Waals surface area (Å²) in [6.45, 7) is -0.0572. The Kier molecular flexibility index (Phi) is 3.08. The Hall–Kier alpha value is -1.29. The quantitative estimate of drug-likeness (QED) is 0.775. The first-order chi connectivity index (χ1) is 6.09. The molecule has 0 aromatic heterocycles. The van der Waals surface area contributed by atoms with Crippen molar-refractivity contribution >= 4 is 17.7 Å². The van der Waals surface area contributed by atoms with Gasteiger partial charge in [-0.05, 0) is 12.1 Å². The van der Waals surface area contributed by atoms with Crippen LogP contribution in [0.2, 0.25) is 5.02 Å². The Labute approximate surface area is 79.1 Å². The Morgan fingerprint density at radius 1 is 1.62 bits per heavy atom. The van der Waals surface area contributed by atoms with E-state index in [4.69, 9.17) is 16.7 Å². The van der Waals surface area contributed by atoms with Gasteiger partial charge in [-0.2, -0.15) is 0 Å². The fourth-order valence-corrected chi connectivity index (χ4v) is 0.995. The molecule has 3 nitrogen and oxygen atoms in total. The Morgan fingerprint density at radius 2 is 2.31 bits per heavy atom. The van der Waals surface area contributed by atoms with Crippen LogP contribution in [0.3, 0.4) is 0 Å². The molecule has 0 aliphatic carbocycles. The van der Waals surface area contributed by atoms with E-state index < -0.39 is 11.9 Å². The Morgan fingerprint density at radius 3 is 2.85 bits per heavy atom. The number of amides is 1. The van der Waals surface area contributed by atoms with Crippen LogP contribution in [0.1, 0.15) is 5.56 Å². The van der Waals surface area contributed by atoms with Crippen molar-refractivity contribution in [2.75, 3.05) is 0 Å². The summed E-state index contributed by atoms with van der Waals surface area (Å²) in [6.07, 6.45) is -1.19. The topological polar surface area (TPSA) is 49.3 Å². The normalized spacial score (nSPS) is 9.69. The minimum Gasteiger partial charge on any atom is -0.465 e. The van der Waals surface area contributed by atoms with E-state index in [1.165, 1.54) is 12.1 Å². The molecule has 70 valence electrons. The van der Waals surface area contributed by atoms with Crippen molar-refractivity contribution in [3.05, 3.63) is 34.6 Å². The maximum absolute atomic E-state index is 13.0. The zero-order valence-corrected chi connectivity index (χ0v) is 7.31. The van der Waals surface area contributed by atoms with Gasteiger partial charge in [0.2, 0.25) is 0 Å². The molecule has 0 saturated heterocycles. The summed E-state index contributed by atoms with van der Waals surface area (Å²) < 4.78 is 13.0. The molecule has 1 aromatic carbocycles. The van der Waals surface area contributed by atoms with Crippen LogP contribution < -0.4 is 5.32 Å². The second-order valence-electron chi connectivity index (χ2n) is 2.39. The van der Waals surface area contributed by atoms with Crippen LogP contribution in [-0.4, -0.2) is 11.2 Å². The highest BCUT2D eigenvalue weighted by Crippen LogP contribution is 2.14. The molecule has 2 N–H and O–H groups in total. The van der Waals surface area contributed by atoms with Crippen molar-refractivity contribution in [3.63, 3.8) is 0 Å². The highest BCUT2D eigenvalue weighted by atomic mass is 35.5. The Balaban J connectivity index is 2.72. The van der Waals surface area contributed by atoms with Gasteiger partial charge in [0.15, 0.2) is 0 Å². The lowest BCUT2D eigenvalue weighted by molar-refractivity contribution is 0.194. The maximum Gasteiger partial charge on any atom is 0.404 e. The van der Waals surface area contributed by atoms with E-state index >= 15 is 0 Å². The fourth-order valence-electron chi connectivity index (χ4n) is 0.836. The lowest BCUT2D eigenvalue weighted by Crippen LogP contribution is -2.20. The number of nitrogens with one attached hydrogen (secondary N) is 1. The SMILES string of the molecule is O=C(O)NCc1ccc(Cl)cc1F. The molecule has 0 spiro atoms. The zero-order valence-electron chi connectivity index (χ0n) is 6.55. The summed E-state index contributed by atoms with van der Waals surface area (Å²) >= 11 is 5.50. The monoisotopic (exact) mass is 203 g/mol. The van der Waals surface area contributed by atoms with Gasteiger partial charge in [0, 0.05) is 17.1 Å². The van der Waals surface area contributed by atoms with Crippen molar-refractivity contribution in [1.82, 2.24) is 5.32 Å². The molecule has 1 amide bonds. The minimum atomic E-state index is -1.19. The van der Waals surface area contributed by atoms with E-state index in [1.807, 2.05) is 0 Å². The summed E-state index contributed by atoms with van der Waals surface area (Å²) in [5.74, 6) is -0.513. The van der Waals surface area contributed by atoms with Crippen LogP contribution in [0.5, 0.6) is 0 Å². The van der Waals surface area contributed by atoms with Gasteiger partial charge in [-0.25, -0.2) is 9.18 Å². The molecule has 0 unspecified atom stereocenters. The van der Waals surface area contributed by atoms with Crippen LogP contribution in [0.4, 0.5) is 9.18 Å². The maximum atomic E-state index is 13.0. The van der Waals surface area contributed by atoms with E-state index in [0.717, 1.165) is 6.07 Å². The van der Waals surface area contributed by atoms with E-state index in [2.05, 4.69) is 5.32 Å². The van der Waals surface area contributed by atoms with Crippen LogP contribution in [0, 0.1) is 5.82 Å². The smallest absolute Gasteiger partial charge is 0.404 e. The lowest BCUT2D eigenvalue weighted by atomic mass is 10.2. The predicted molar refractivity (Wildman–Crippen MR) is 46.3 cm³/mol. The minimum absolute atomic E-state index is 0.0572. The number of hydrogen-bond acceptors (Lipinski definition) is 1. The third kappa shape index (κ3) is 2.91. The van der Waals surface area contributed by atoms with Gasteiger partial charge >= 0.3 is 6.09 Å². The van der Waals surface area contributed by atoms with E-state index in [1.54, 1.807) is 0 Å². The van der Waals surface area contributed by atoms with E-state index in [-0.39, 0.29) is 17.1 Å². The van der Waals surface area contributed by atoms with Gasteiger partial charge in [-0.1, -0.05) is 17.7 Å². The molecular formula is C8H7ClFNO2. The van der Waals surface area contributed by atoms with Crippen molar-refractivity contribution < 1.29 is 14.3 Å². The van der Waals surface area contributed by atoms with E-state index in [0.29, 0.717) is 0 Å². The first-order valence-electron chi connectivity index (χ1n) is 3.50. The summed E-state index contributed by atoms with van der Waals surface area (Å²) in [5.41, 5.74) is 0.270. The molecule has 0 aliphatic heterocycles. The molecule has 0 bridgehead atoms. The number of hydrogen-bond donors (Lipinski definition) is 2. The molecule has 5 heteroatoms. The van der Waals surface area contributed by atoms with Crippen LogP contribution in [0.25, 0.3) is 0 Å². The van der Waals surface area contributed by atoms with Gasteiger partial charge in [-0.3, -0.25) is 0 Å². The number of carboxylic acid groups (broad SMARTS) is 1. The molecule has 0 heterocycles. The Bertz CT molecular complexity index is 330. The highest BCUT2D eigenvalue weighted by Gasteiger charge is 2.03. The van der Waals surface area contributed by atoms with Crippen LogP contribution in [-0.2, 0) is 6.54 Å². The molecule has 13 heavy (non-hydrogen) atoms. The number of carbonyl (C=O) groups is 1. The standard InChI is InChI=1S/C8H7ClFNO2/c9-6-2-1-5(7(10)3-6)4-11-8(12)13/h1-3,11H,4H2,(H,12,13). The van der Waals surface area contributed by atoms with Gasteiger partial charge in [-0.15, -0.1) is 0 Å². The first kappa shape index (κ1) is 9.80. The molecule has 0 fully saturated rings. The molecule has 0 atom stereocenters. The molecule has 1 rings (SSSR count). The van der Waals surface area contributed by atoms with Crippen molar-refractivity contribution in [1.29, 1.82) is 0 Å². The third-order valence-electron chi connectivity index (χ3n) is 1.45. The highest BCUT2D eigenvalue weighted by molar-refractivity contribution is 6.30. The van der Waals surface area contributed by atoms with Gasteiger partial charge < -0.3 is 10.4 Å². The third-order valence-corrected chi connectivity index (χ3v) is 1.68. The van der Waals surface area contributed by atoms with Crippen LogP contribution in [0.15, 0.2) is 18.2 Å². The van der Waals surface area contributed by atoms with Crippen molar-refractivity contribution in [2.24, 2.45) is 0 Å². The first-order valence-corrected chi connectivity index (χ1v) is 3.88. The van der Waals surface area contributed by atoms with E-state index in [9.17, 15) is 9.18 Å². The van der Waals surface area contributed by atoms with Crippen molar-refractivity contribution in [2.45, 2.75) is 6.54 Å².